The van der Waals surface area contributed by atoms with Crippen molar-refractivity contribution in [2.24, 2.45) is 11.3 Å². The number of fused-ring (bicyclic) bond motifs is 1. The molecule has 0 saturated carbocycles. The van der Waals surface area contributed by atoms with Crippen LogP contribution in [0.1, 0.15) is 29.9 Å². The molecule has 0 radical (unpaired) electrons. The van der Waals surface area contributed by atoms with E-state index >= 15 is 0 Å². The molecule has 31 heavy (non-hydrogen) atoms. The maximum absolute atomic E-state index is 14.0. The van der Waals surface area contributed by atoms with Gasteiger partial charge in [0.05, 0.1) is 17.0 Å². The summed E-state index contributed by atoms with van der Waals surface area (Å²) in [6.07, 6.45) is 4.21. The van der Waals surface area contributed by atoms with Gasteiger partial charge in [0.25, 0.3) is 0 Å². The fourth-order valence-electron chi connectivity index (χ4n) is 5.22. The molecule has 3 nitrogen and oxygen atoms in total. The van der Waals surface area contributed by atoms with E-state index in [0.717, 1.165) is 11.1 Å². The van der Waals surface area contributed by atoms with Gasteiger partial charge in [-0.1, -0.05) is 90.5 Å². The van der Waals surface area contributed by atoms with Crippen molar-refractivity contribution in [1.29, 1.82) is 0 Å². The Labute approximate surface area is 187 Å². The van der Waals surface area contributed by atoms with Crippen LogP contribution in [-0.4, -0.2) is 11.8 Å². The van der Waals surface area contributed by atoms with Crippen LogP contribution < -0.4 is 4.90 Å². The molecule has 2 amide bonds. The van der Waals surface area contributed by atoms with E-state index in [9.17, 15) is 9.59 Å². The van der Waals surface area contributed by atoms with Gasteiger partial charge in [-0.05, 0) is 36.2 Å². The van der Waals surface area contributed by atoms with E-state index < -0.39 is 11.3 Å². The first-order valence-corrected chi connectivity index (χ1v) is 10.8. The predicted molar refractivity (Wildman–Crippen MR) is 123 cm³/mol. The third kappa shape index (κ3) is 3.03. The fourth-order valence-corrected chi connectivity index (χ4v) is 5.41. The number of nitrogens with zero attached hydrogens (tertiary/aromatic N) is 1. The van der Waals surface area contributed by atoms with Crippen LogP contribution in [0.15, 0.2) is 97.1 Å². The van der Waals surface area contributed by atoms with Crippen molar-refractivity contribution in [2.45, 2.75) is 18.8 Å². The van der Waals surface area contributed by atoms with Crippen LogP contribution in [0.5, 0.6) is 0 Å². The SMILES string of the molecule is C[C@]12C(=O)N(c3cccc(Cl)c3)C(=O)[C@H]1[C@@H](c1ccccc1)C=C[C@@H]2c1ccccc1. The molecule has 4 heteroatoms. The molecule has 4 atom stereocenters. The van der Waals surface area contributed by atoms with Crippen LogP contribution in [-0.2, 0) is 9.59 Å². The Hall–Kier alpha value is -3.17. The Morgan fingerprint density at radius 2 is 1.45 bits per heavy atom. The number of amides is 2. The number of allylic oxidation sites excluding steroid dienone is 2. The summed E-state index contributed by atoms with van der Waals surface area (Å²) < 4.78 is 0. The van der Waals surface area contributed by atoms with Crippen LogP contribution in [0.2, 0.25) is 5.02 Å². The van der Waals surface area contributed by atoms with Crippen LogP contribution in [0.25, 0.3) is 0 Å². The lowest BCUT2D eigenvalue weighted by Gasteiger charge is -2.41. The molecule has 3 aromatic carbocycles. The van der Waals surface area contributed by atoms with Gasteiger partial charge in [-0.25, -0.2) is 4.90 Å². The number of carbonyl (C=O) groups excluding carboxylic acids is 2. The van der Waals surface area contributed by atoms with Crippen molar-refractivity contribution in [3.05, 3.63) is 113 Å². The van der Waals surface area contributed by atoms with Crippen molar-refractivity contribution in [2.75, 3.05) is 4.90 Å². The normalized spacial score (nSPS) is 27.4. The quantitative estimate of drug-likeness (QED) is 0.381. The van der Waals surface area contributed by atoms with Gasteiger partial charge in [0.1, 0.15) is 0 Å². The molecule has 1 aliphatic carbocycles. The summed E-state index contributed by atoms with van der Waals surface area (Å²) in [5, 5.41) is 0.496. The van der Waals surface area contributed by atoms with Crippen LogP contribution in [0.4, 0.5) is 5.69 Å². The Morgan fingerprint density at radius 3 is 2.10 bits per heavy atom. The van der Waals surface area contributed by atoms with Crippen molar-refractivity contribution >= 4 is 29.1 Å². The molecule has 1 heterocycles. The predicted octanol–water partition coefficient (Wildman–Crippen LogP) is 5.97. The van der Waals surface area contributed by atoms with Gasteiger partial charge in [0, 0.05) is 16.9 Å². The molecule has 1 saturated heterocycles. The van der Waals surface area contributed by atoms with Gasteiger partial charge >= 0.3 is 0 Å². The largest absolute Gasteiger partial charge is 0.274 e. The van der Waals surface area contributed by atoms with Gasteiger partial charge < -0.3 is 0 Å². The first-order valence-electron chi connectivity index (χ1n) is 10.4. The summed E-state index contributed by atoms with van der Waals surface area (Å²) in [4.78, 5) is 29.2. The van der Waals surface area contributed by atoms with Crippen molar-refractivity contribution in [3.8, 4) is 0 Å². The summed E-state index contributed by atoms with van der Waals surface area (Å²) in [6, 6.07) is 26.9. The highest BCUT2D eigenvalue weighted by Gasteiger charge is 2.63. The number of hydrogen-bond acceptors (Lipinski definition) is 2. The van der Waals surface area contributed by atoms with E-state index in [4.69, 9.17) is 11.6 Å². The Balaban J connectivity index is 1.69. The van der Waals surface area contributed by atoms with Crippen LogP contribution in [0, 0.1) is 11.3 Å². The number of carbonyl (C=O) groups is 2. The maximum atomic E-state index is 14.0. The summed E-state index contributed by atoms with van der Waals surface area (Å²) in [6.45, 7) is 1.94. The summed E-state index contributed by atoms with van der Waals surface area (Å²) >= 11 is 6.19. The van der Waals surface area contributed by atoms with E-state index in [1.165, 1.54) is 4.90 Å². The highest BCUT2D eigenvalue weighted by atomic mass is 35.5. The number of benzene rings is 3. The van der Waals surface area contributed by atoms with E-state index in [-0.39, 0.29) is 23.7 Å². The lowest BCUT2D eigenvalue weighted by Crippen LogP contribution is -2.42. The minimum atomic E-state index is -0.907. The highest BCUT2D eigenvalue weighted by molar-refractivity contribution is 6.31. The maximum Gasteiger partial charge on any atom is 0.241 e. The Kier molecular flexibility index (Phi) is 4.79. The molecule has 0 spiro atoms. The standard InChI is InChI=1S/C27H22ClNO2/c1-27-23(19-11-6-3-7-12-19)16-15-22(18-9-4-2-5-10-18)24(27)25(30)29(26(27)31)21-14-8-13-20(28)17-21/h2-17,22-24H,1H3/t22-,23-,24-,27-/m1/s1. The zero-order valence-corrected chi connectivity index (χ0v) is 17.9. The van der Waals surface area contributed by atoms with Crippen LogP contribution >= 0.6 is 11.6 Å². The second-order valence-corrected chi connectivity index (χ2v) is 8.87. The number of hydrogen-bond donors (Lipinski definition) is 0. The molecule has 1 aliphatic heterocycles. The molecule has 2 aliphatic rings. The average molecular weight is 428 g/mol. The molecule has 0 unspecified atom stereocenters. The van der Waals surface area contributed by atoms with Crippen molar-refractivity contribution in [1.82, 2.24) is 0 Å². The lowest BCUT2D eigenvalue weighted by molar-refractivity contribution is -0.127. The van der Waals surface area contributed by atoms with Gasteiger partial charge in [-0.2, -0.15) is 0 Å². The third-order valence-electron chi connectivity index (χ3n) is 6.72. The minimum absolute atomic E-state index is 0.172. The topological polar surface area (TPSA) is 37.4 Å². The molecule has 5 rings (SSSR count). The average Bonchev–Trinajstić information content (AvgIpc) is 3.00. The van der Waals surface area contributed by atoms with E-state index in [1.807, 2.05) is 67.6 Å². The summed E-state index contributed by atoms with van der Waals surface area (Å²) in [5.74, 6) is -1.22. The molecule has 3 aromatic rings. The number of halogens is 1. The summed E-state index contributed by atoms with van der Waals surface area (Å²) in [7, 11) is 0. The molecule has 0 aromatic heterocycles. The van der Waals surface area contributed by atoms with Gasteiger partial charge in [0.15, 0.2) is 0 Å². The van der Waals surface area contributed by atoms with Gasteiger partial charge in [0.2, 0.25) is 11.8 Å². The third-order valence-corrected chi connectivity index (χ3v) is 6.96. The number of rotatable bonds is 3. The molecule has 0 N–H and O–H groups in total. The molecular weight excluding hydrogens is 406 g/mol. The number of anilines is 1. The lowest BCUT2D eigenvalue weighted by atomic mass is 9.58. The summed E-state index contributed by atoms with van der Waals surface area (Å²) in [5.41, 5.74) is 1.69. The second kappa shape index (κ2) is 7.51. The first-order chi connectivity index (χ1) is 15.0. The van der Waals surface area contributed by atoms with Gasteiger partial charge in [-0.15, -0.1) is 0 Å². The molecule has 154 valence electrons. The fraction of sp³-hybridized carbons (Fsp3) is 0.185. The molecule has 1 fully saturated rings. The first kappa shape index (κ1) is 19.8. The highest BCUT2D eigenvalue weighted by Crippen LogP contribution is 2.57. The minimum Gasteiger partial charge on any atom is -0.274 e. The van der Waals surface area contributed by atoms with E-state index in [2.05, 4.69) is 12.2 Å². The molecular formula is C27H22ClNO2. The smallest absolute Gasteiger partial charge is 0.241 e. The Bertz CT molecular complexity index is 1170. The van der Waals surface area contributed by atoms with Gasteiger partial charge in [-0.3, -0.25) is 9.59 Å². The van der Waals surface area contributed by atoms with E-state index in [1.54, 1.807) is 24.3 Å². The zero-order chi connectivity index (χ0) is 21.6. The monoisotopic (exact) mass is 427 g/mol. The van der Waals surface area contributed by atoms with E-state index in [0.29, 0.717) is 10.7 Å². The Morgan fingerprint density at radius 1 is 0.806 bits per heavy atom. The van der Waals surface area contributed by atoms with Crippen molar-refractivity contribution < 1.29 is 9.59 Å². The van der Waals surface area contributed by atoms with Crippen LogP contribution in [0.3, 0.4) is 0 Å². The second-order valence-electron chi connectivity index (χ2n) is 8.43. The van der Waals surface area contributed by atoms with Crippen molar-refractivity contribution in [3.63, 3.8) is 0 Å². The molecule has 0 bridgehead atoms. The number of imide groups is 1. The zero-order valence-electron chi connectivity index (χ0n) is 17.1.